The Morgan fingerprint density at radius 3 is 2.05 bits per heavy atom. The lowest BCUT2D eigenvalue weighted by molar-refractivity contribution is -0.438. The Hall–Kier alpha value is -4.59. The number of anilines is 1. The van der Waals surface area contributed by atoms with Gasteiger partial charge in [-0.25, -0.2) is 0 Å². The van der Waals surface area contributed by atoms with Gasteiger partial charge in [-0.3, -0.25) is 9.11 Å². The first-order valence-electron chi connectivity index (χ1n) is 21.2. The van der Waals surface area contributed by atoms with Gasteiger partial charge in [-0.1, -0.05) is 80.6 Å². The van der Waals surface area contributed by atoms with E-state index in [1.54, 1.807) is 0 Å². The molecule has 0 radical (unpaired) electrons. The number of nitrogens with zero attached hydrogens (tertiary/aromatic N) is 2. The second-order valence-electron chi connectivity index (χ2n) is 17.3. The molecular formula is C48H59N4O6S2+. The van der Waals surface area contributed by atoms with E-state index >= 15 is 0 Å². The molecular weight excluding hydrogens is 793 g/mol. The lowest BCUT2D eigenvalue weighted by Gasteiger charge is -2.28. The van der Waals surface area contributed by atoms with Crippen LogP contribution in [0.15, 0.2) is 120 Å². The molecule has 0 fully saturated rings. The van der Waals surface area contributed by atoms with Crippen LogP contribution in [0.3, 0.4) is 0 Å². The predicted octanol–water partition coefficient (Wildman–Crippen LogP) is 8.86. The molecule has 60 heavy (non-hydrogen) atoms. The Morgan fingerprint density at radius 1 is 0.750 bits per heavy atom. The fourth-order valence-electron chi connectivity index (χ4n) is 9.70. The van der Waals surface area contributed by atoms with Crippen molar-refractivity contribution in [2.75, 3.05) is 42.6 Å². The SMILES string of the molecule is CC1(C)C(/C=C/C2=C(NCCN)C(=C/C=C3\N(CCCCS(=O)(=O)O)c4ccc5ccccc5c4C3(C)C)/CCC2)=[N+](CCCCS(=O)(=O)O)c2ccc3ccccc3c21. The summed E-state index contributed by atoms with van der Waals surface area (Å²) in [6, 6.07) is 25.5. The van der Waals surface area contributed by atoms with Crippen molar-refractivity contribution in [3.8, 4) is 0 Å². The van der Waals surface area contributed by atoms with Gasteiger partial charge in [-0.15, -0.1) is 0 Å². The van der Waals surface area contributed by atoms with Crippen molar-refractivity contribution < 1.29 is 30.5 Å². The van der Waals surface area contributed by atoms with E-state index in [4.69, 9.17) is 5.73 Å². The average Bonchev–Trinajstić information content (AvgIpc) is 3.56. The molecule has 10 nitrogen and oxygen atoms in total. The van der Waals surface area contributed by atoms with Crippen LogP contribution in [-0.4, -0.2) is 73.9 Å². The van der Waals surface area contributed by atoms with Gasteiger partial charge in [0.25, 0.3) is 20.2 Å². The average molecular weight is 852 g/mol. The molecule has 0 spiro atoms. The van der Waals surface area contributed by atoms with Crippen LogP contribution in [-0.2, 0) is 31.1 Å². The van der Waals surface area contributed by atoms with Crippen LogP contribution in [0.5, 0.6) is 0 Å². The van der Waals surface area contributed by atoms with Gasteiger partial charge in [0.2, 0.25) is 5.69 Å². The van der Waals surface area contributed by atoms with Crippen LogP contribution in [0.2, 0.25) is 0 Å². The molecule has 0 bridgehead atoms. The third-order valence-electron chi connectivity index (χ3n) is 12.4. The molecule has 7 rings (SSSR count). The van der Waals surface area contributed by atoms with Crippen LogP contribution in [0.4, 0.5) is 11.4 Å². The Labute approximate surface area is 355 Å². The first-order valence-corrected chi connectivity index (χ1v) is 24.4. The minimum atomic E-state index is -4.04. The number of fused-ring (bicyclic) bond motifs is 6. The highest BCUT2D eigenvalue weighted by atomic mass is 32.2. The van der Waals surface area contributed by atoms with Crippen molar-refractivity contribution in [2.24, 2.45) is 5.73 Å². The van der Waals surface area contributed by atoms with Gasteiger partial charge in [-0.2, -0.15) is 21.4 Å². The number of allylic oxidation sites excluding steroid dienone is 7. The van der Waals surface area contributed by atoms with Gasteiger partial charge in [0.1, 0.15) is 6.54 Å². The molecule has 0 saturated carbocycles. The summed E-state index contributed by atoms with van der Waals surface area (Å²) in [7, 11) is -8.09. The van der Waals surface area contributed by atoms with Crippen molar-refractivity contribution >= 4 is 58.9 Å². The van der Waals surface area contributed by atoms with Gasteiger partial charge in [0.05, 0.1) is 16.9 Å². The maximum Gasteiger partial charge on any atom is 0.264 e. The molecule has 4 aromatic carbocycles. The number of nitrogens with two attached hydrogens (primary N) is 1. The van der Waals surface area contributed by atoms with E-state index in [0.717, 1.165) is 47.7 Å². The molecule has 5 N–H and O–H groups in total. The van der Waals surface area contributed by atoms with Crippen LogP contribution in [0, 0.1) is 0 Å². The summed E-state index contributed by atoms with van der Waals surface area (Å²) in [5.74, 6) is -0.528. The summed E-state index contributed by atoms with van der Waals surface area (Å²) in [5, 5.41) is 8.43. The van der Waals surface area contributed by atoms with Gasteiger partial charge in [-0.05, 0) is 109 Å². The standard InChI is InChI=1S/C48H58N4O6S2/c1-47(2)42(51(30-9-11-32-59(53,54)55)40-24-20-34-14-5-7-18-38(34)44(40)47)26-22-36-16-13-17-37(46(36)50-29-28-49)23-27-43-48(3,4)45-39-19-8-6-15-35(39)21-25-41(45)52(43)31-10-12-33-60(56,57)58/h5-8,14-15,18-27H,9-13,16-17,28-33,49H2,1-4H3,(H2,53,54,55,56,57,58)/p+1/b36-22+,42-26-. The maximum absolute atomic E-state index is 11.6. The Kier molecular flexibility index (Phi) is 12.6. The molecule has 2 heterocycles. The van der Waals surface area contributed by atoms with Crippen molar-refractivity contribution in [3.05, 3.63) is 131 Å². The zero-order valence-electron chi connectivity index (χ0n) is 35.2. The topological polar surface area (TPSA) is 153 Å². The molecule has 3 aliphatic rings. The van der Waals surface area contributed by atoms with Crippen molar-refractivity contribution in [3.63, 3.8) is 0 Å². The summed E-state index contributed by atoms with van der Waals surface area (Å²) in [5.41, 5.74) is 15.8. The molecule has 2 aliphatic heterocycles. The van der Waals surface area contributed by atoms with Crippen molar-refractivity contribution in [1.29, 1.82) is 0 Å². The maximum atomic E-state index is 11.6. The second-order valence-corrected chi connectivity index (χ2v) is 20.5. The van der Waals surface area contributed by atoms with E-state index in [9.17, 15) is 25.9 Å². The number of rotatable bonds is 16. The summed E-state index contributed by atoms with van der Waals surface area (Å²) in [6.07, 6.45) is 13.6. The largest absolute Gasteiger partial charge is 0.383 e. The Bertz CT molecular complexity index is 2690. The van der Waals surface area contributed by atoms with Gasteiger partial charge in [0.15, 0.2) is 5.71 Å². The normalized spacial score (nSPS) is 19.1. The zero-order chi connectivity index (χ0) is 42.9. The molecule has 12 heteroatoms. The summed E-state index contributed by atoms with van der Waals surface area (Å²) in [4.78, 5) is 2.33. The van der Waals surface area contributed by atoms with Crippen LogP contribution < -0.4 is 16.0 Å². The third-order valence-corrected chi connectivity index (χ3v) is 14.1. The van der Waals surface area contributed by atoms with Crippen molar-refractivity contribution in [1.82, 2.24) is 5.32 Å². The monoisotopic (exact) mass is 851 g/mol. The van der Waals surface area contributed by atoms with Crippen LogP contribution in [0.25, 0.3) is 21.5 Å². The molecule has 4 aromatic rings. The van der Waals surface area contributed by atoms with Gasteiger partial charge < -0.3 is 16.0 Å². The lowest BCUT2D eigenvalue weighted by atomic mass is 9.78. The molecule has 1 aliphatic carbocycles. The quantitative estimate of drug-likeness (QED) is 0.0492. The highest BCUT2D eigenvalue weighted by Crippen LogP contribution is 2.51. The number of hydrogen-bond donors (Lipinski definition) is 4. The van der Waals surface area contributed by atoms with Crippen molar-refractivity contribution in [2.45, 2.75) is 83.5 Å². The highest BCUT2D eigenvalue weighted by Gasteiger charge is 2.45. The van der Waals surface area contributed by atoms with E-state index in [2.05, 4.69) is 140 Å². The zero-order valence-corrected chi connectivity index (χ0v) is 36.9. The fourth-order valence-corrected chi connectivity index (χ4v) is 10.8. The highest BCUT2D eigenvalue weighted by molar-refractivity contribution is 7.86. The number of nitrogens with one attached hydrogen (secondary N) is 1. The number of hydrogen-bond acceptors (Lipinski definition) is 7. The molecule has 318 valence electrons. The van der Waals surface area contributed by atoms with Crippen LogP contribution in [0.1, 0.15) is 83.8 Å². The number of unbranched alkanes of at least 4 members (excludes halogenated alkanes) is 2. The molecule has 0 unspecified atom stereocenters. The van der Waals surface area contributed by atoms with E-state index in [1.165, 1.54) is 43.8 Å². The van der Waals surface area contributed by atoms with E-state index in [1.807, 2.05) is 0 Å². The molecule has 0 amide bonds. The fraction of sp³-hybridized carbons (Fsp3) is 0.396. The lowest BCUT2D eigenvalue weighted by Crippen LogP contribution is -2.29. The van der Waals surface area contributed by atoms with E-state index in [0.29, 0.717) is 51.9 Å². The molecule has 0 saturated heterocycles. The molecule has 0 aromatic heterocycles. The van der Waals surface area contributed by atoms with E-state index < -0.39 is 20.2 Å². The minimum Gasteiger partial charge on any atom is -0.383 e. The molecule has 0 atom stereocenters. The first-order chi connectivity index (χ1) is 28.5. The van der Waals surface area contributed by atoms with Gasteiger partial charge in [0, 0.05) is 66.3 Å². The summed E-state index contributed by atoms with van der Waals surface area (Å²) in [6.45, 7) is 11.4. The summed E-state index contributed by atoms with van der Waals surface area (Å²) >= 11 is 0. The minimum absolute atomic E-state index is 0.264. The number of benzene rings is 4. The Morgan fingerprint density at radius 2 is 1.38 bits per heavy atom. The smallest absolute Gasteiger partial charge is 0.264 e. The Balaban J connectivity index is 1.28. The van der Waals surface area contributed by atoms with Gasteiger partial charge >= 0.3 is 0 Å². The van der Waals surface area contributed by atoms with E-state index in [-0.39, 0.29) is 22.3 Å². The van der Waals surface area contributed by atoms with Crippen LogP contribution >= 0.6 is 0 Å². The first kappa shape index (κ1) is 43.5. The second kappa shape index (κ2) is 17.4. The third kappa shape index (κ3) is 9.04. The summed E-state index contributed by atoms with van der Waals surface area (Å²) < 4.78 is 67.5. The predicted molar refractivity (Wildman–Crippen MR) is 246 cm³/mol.